The lowest BCUT2D eigenvalue weighted by molar-refractivity contribution is -0.161. The van der Waals surface area contributed by atoms with E-state index in [0.717, 1.165) is 92.3 Å². The van der Waals surface area contributed by atoms with Crippen molar-refractivity contribution in [3.8, 4) is 22.5 Å². The van der Waals surface area contributed by atoms with E-state index in [-0.39, 0.29) is 43.3 Å². The number of aromatic carboxylic acids is 1. The predicted molar refractivity (Wildman–Crippen MR) is 361 cm³/mol. The number of ether oxygens (including phenoxy) is 2. The number of hydrogen-bond donors (Lipinski definition) is 4. The van der Waals surface area contributed by atoms with Crippen molar-refractivity contribution in [1.82, 2.24) is 9.89 Å². The summed E-state index contributed by atoms with van der Waals surface area (Å²) in [6, 6.07) is 17.1. The second-order valence-electron chi connectivity index (χ2n) is 23.4. The van der Waals surface area contributed by atoms with Gasteiger partial charge in [0.1, 0.15) is 31.0 Å². The number of esters is 2. The molecule has 0 saturated heterocycles. The molecule has 0 aromatic heterocycles. The summed E-state index contributed by atoms with van der Waals surface area (Å²) in [7, 11) is -4.69. The van der Waals surface area contributed by atoms with Gasteiger partial charge in [0.2, 0.25) is 5.36 Å². The molecule has 488 valence electrons. The quantitative estimate of drug-likeness (QED) is 0.00815. The number of nitrogens with zero attached hydrogens (tertiary/aromatic N) is 2. The van der Waals surface area contributed by atoms with Crippen LogP contribution in [-0.4, -0.2) is 91.7 Å². The third-order valence-corrected chi connectivity index (χ3v) is 17.7. The van der Waals surface area contributed by atoms with E-state index in [1.165, 1.54) is 147 Å². The summed E-state index contributed by atoms with van der Waals surface area (Å²) < 4.78 is 43.8. The monoisotopic (exact) mass is 1250 g/mol. The molecule has 0 radical (unpaired) electrons. The maximum absolute atomic E-state index is 13.2. The Morgan fingerprint density at radius 2 is 1.11 bits per heavy atom. The number of benzene rings is 3. The van der Waals surface area contributed by atoms with Gasteiger partial charge in [-0.1, -0.05) is 200 Å². The zero-order chi connectivity index (χ0) is 62.9. The number of carbonyl (C=O) groups is 3. The lowest BCUT2D eigenvalue weighted by Gasteiger charge is -2.22. The molecule has 4 rings (SSSR count). The fourth-order valence-electron chi connectivity index (χ4n) is 11.4. The van der Waals surface area contributed by atoms with E-state index >= 15 is 0 Å². The van der Waals surface area contributed by atoms with E-state index in [1.807, 2.05) is 36.4 Å². The Morgan fingerprint density at radius 3 is 1.62 bits per heavy atom. The maximum atomic E-state index is 13.2. The number of nitrogens with one attached hydrogen (secondary N) is 2. The SMILES string of the molecule is CCCCCCCCCCCCCCCCCC(=O)OC[C@H](COP(=O)(O)OCCNC(=S)Nc1ccc(-c2c3ccc(=[N+](CC)CC)cc-3oc3cc(N(CC)CC)ccc23)c(C(=O)O)c1)OC(=O)CCCCCCCCCCCCCCCCC. The molecule has 87 heavy (non-hydrogen) atoms. The lowest BCUT2D eigenvalue weighted by Crippen LogP contribution is -2.31. The van der Waals surface area contributed by atoms with Crippen molar-refractivity contribution in [2.75, 3.05) is 62.8 Å². The minimum atomic E-state index is -4.69. The molecule has 1 unspecified atom stereocenters. The van der Waals surface area contributed by atoms with E-state index in [9.17, 15) is 28.9 Å². The van der Waals surface area contributed by atoms with E-state index in [1.54, 1.807) is 12.1 Å². The zero-order valence-corrected chi connectivity index (χ0v) is 56.1. The van der Waals surface area contributed by atoms with Gasteiger partial charge in [-0.25, -0.2) is 13.9 Å². The van der Waals surface area contributed by atoms with Crippen molar-refractivity contribution < 1.29 is 51.9 Å². The van der Waals surface area contributed by atoms with Gasteiger partial charge in [0.05, 0.1) is 24.8 Å². The van der Waals surface area contributed by atoms with Crippen molar-refractivity contribution in [3.05, 3.63) is 65.5 Å². The van der Waals surface area contributed by atoms with Gasteiger partial charge >= 0.3 is 25.7 Å². The van der Waals surface area contributed by atoms with Crippen molar-refractivity contribution in [2.45, 2.75) is 253 Å². The van der Waals surface area contributed by atoms with Gasteiger partial charge < -0.3 is 39.4 Å². The predicted octanol–water partition coefficient (Wildman–Crippen LogP) is 18.0. The number of phosphoric acid groups is 1. The number of thiocarbonyl (C=S) groups is 1. The Labute approximate surface area is 528 Å². The van der Waals surface area contributed by atoms with Gasteiger partial charge in [0, 0.05) is 72.5 Å². The molecule has 17 heteroatoms. The van der Waals surface area contributed by atoms with Crippen LogP contribution in [0.25, 0.3) is 33.4 Å². The van der Waals surface area contributed by atoms with Crippen LogP contribution in [0.2, 0.25) is 0 Å². The van der Waals surface area contributed by atoms with Crippen molar-refractivity contribution in [3.63, 3.8) is 0 Å². The first kappa shape index (κ1) is 74.6. The first-order chi connectivity index (χ1) is 42.3. The second-order valence-corrected chi connectivity index (χ2v) is 25.3. The molecule has 1 aliphatic heterocycles. The van der Waals surface area contributed by atoms with Gasteiger partial charge in [-0.2, -0.15) is 0 Å². The van der Waals surface area contributed by atoms with Crippen LogP contribution in [-0.2, 0) is 32.7 Å². The third-order valence-electron chi connectivity index (χ3n) is 16.5. The lowest BCUT2D eigenvalue weighted by atomic mass is 9.90. The molecular formula is C70H112N4O11PS+. The van der Waals surface area contributed by atoms with Gasteiger partial charge in [0.25, 0.3) is 0 Å². The van der Waals surface area contributed by atoms with E-state index < -0.39 is 38.4 Å². The average molecular weight is 1250 g/mol. The van der Waals surface area contributed by atoms with Crippen LogP contribution in [0.15, 0.2) is 59.0 Å². The molecule has 4 N–H and O–H groups in total. The Bertz CT molecular complexity index is 2690. The number of carbonyl (C=O) groups excluding carboxylic acids is 2. The molecule has 2 aliphatic rings. The Kier molecular flexibility index (Phi) is 38.2. The number of hydrogen-bond acceptors (Lipinski definition) is 11. The number of carboxylic acid groups (broad SMARTS) is 1. The molecule has 2 atom stereocenters. The smallest absolute Gasteiger partial charge is 0.472 e. The highest BCUT2D eigenvalue weighted by molar-refractivity contribution is 7.80. The maximum Gasteiger partial charge on any atom is 0.472 e. The molecule has 2 aromatic carbocycles. The van der Waals surface area contributed by atoms with E-state index in [2.05, 4.69) is 61.7 Å². The molecule has 2 aromatic rings. The van der Waals surface area contributed by atoms with Crippen LogP contribution in [0, 0.1) is 0 Å². The molecule has 0 amide bonds. The number of carboxylic acids is 1. The van der Waals surface area contributed by atoms with Crippen LogP contribution in [0.4, 0.5) is 11.4 Å². The number of fused-ring (bicyclic) bond motifs is 2. The number of phosphoric ester groups is 1. The molecule has 1 aliphatic carbocycles. The highest BCUT2D eigenvalue weighted by atomic mass is 32.1. The summed E-state index contributed by atoms with van der Waals surface area (Å²) in [6.07, 6.45) is 35.7. The van der Waals surface area contributed by atoms with E-state index in [4.69, 9.17) is 35.2 Å². The minimum Gasteiger partial charge on any atom is -0.478 e. The molecular weight excluding hydrogens is 1140 g/mol. The van der Waals surface area contributed by atoms with Gasteiger partial charge in [-0.3, -0.25) is 18.6 Å². The summed E-state index contributed by atoms with van der Waals surface area (Å²) in [5.74, 6) is -1.42. The first-order valence-corrected chi connectivity index (χ1v) is 35.9. The highest BCUT2D eigenvalue weighted by Gasteiger charge is 2.27. The van der Waals surface area contributed by atoms with Crippen LogP contribution in [0.5, 0.6) is 0 Å². The molecule has 0 saturated carbocycles. The number of rotatable bonds is 50. The Hall–Kier alpha value is -4.86. The van der Waals surface area contributed by atoms with E-state index in [0.29, 0.717) is 35.4 Å². The van der Waals surface area contributed by atoms with Crippen molar-refractivity contribution >= 4 is 65.4 Å². The second kappa shape index (κ2) is 44.6. The summed E-state index contributed by atoms with van der Waals surface area (Å²) >= 11 is 5.56. The Morgan fingerprint density at radius 1 is 0.609 bits per heavy atom. The molecule has 15 nitrogen and oxygen atoms in total. The van der Waals surface area contributed by atoms with Gasteiger partial charge in [-0.05, 0) is 88.6 Å². The van der Waals surface area contributed by atoms with Gasteiger partial charge in [0.15, 0.2) is 11.2 Å². The fourth-order valence-corrected chi connectivity index (χ4v) is 12.3. The largest absolute Gasteiger partial charge is 0.478 e. The van der Waals surface area contributed by atoms with Crippen LogP contribution >= 0.6 is 20.0 Å². The van der Waals surface area contributed by atoms with Gasteiger partial charge in [-0.15, -0.1) is 0 Å². The molecule has 0 fully saturated rings. The normalized spacial score (nSPS) is 12.5. The number of anilines is 2. The summed E-state index contributed by atoms with van der Waals surface area (Å²) in [4.78, 5) is 52.0. The topological polar surface area (TPSA) is 189 Å². The fraction of sp³-hybridized carbons (Fsp3) is 0.671. The number of unbranched alkanes of at least 4 members (excludes halogenated alkanes) is 28. The summed E-state index contributed by atoms with van der Waals surface area (Å²) in [6.45, 7) is 15.0. The first-order valence-electron chi connectivity index (χ1n) is 34.0. The molecule has 1 heterocycles. The minimum absolute atomic E-state index is 0.0192. The zero-order valence-electron chi connectivity index (χ0n) is 54.4. The molecule has 0 spiro atoms. The molecule has 0 bridgehead atoms. The van der Waals surface area contributed by atoms with Crippen LogP contribution in [0.3, 0.4) is 0 Å². The highest BCUT2D eigenvalue weighted by Crippen LogP contribution is 2.44. The van der Waals surface area contributed by atoms with Crippen molar-refractivity contribution in [2.24, 2.45) is 0 Å². The van der Waals surface area contributed by atoms with Crippen LogP contribution < -0.4 is 25.5 Å². The average Bonchev–Trinajstić information content (AvgIpc) is 0.992. The van der Waals surface area contributed by atoms with Crippen molar-refractivity contribution in [1.29, 1.82) is 0 Å². The third kappa shape index (κ3) is 29.5. The van der Waals surface area contributed by atoms with Crippen LogP contribution in [0.1, 0.15) is 257 Å². The summed E-state index contributed by atoms with van der Waals surface area (Å²) in [5, 5.41) is 18.6. The Balaban J connectivity index is 1.28. The summed E-state index contributed by atoms with van der Waals surface area (Å²) in [5.41, 5.74) is 4.08. The standard InChI is InChI=1S/C70H111N4O11PS/c1-7-13-15-17-19-21-23-25-27-29-31-33-35-37-39-41-66(75)81-54-59(84-67(76)42-40-38-36-34-32-30-28-26-24-22-20-18-16-14-8-2)55-83-86(79,80)82-50-49-71-70(87)72-56-43-46-60(63(51-56)69(77)78)68-61-47-44-57(73(9-3)10-4)52-64(61)85-65-53-58(45-48-62(65)68)74(11-5)12-6/h43-48,51-53,59H,7-42,49-50,54-55H2,1-6H3,(H3,71,77,78,79,80,87)/p+1/t59-/m1/s1.